The number of carbonyl (C=O) groups excluding carboxylic acids is 2. The zero-order valence-corrected chi connectivity index (χ0v) is 10.1. The molecule has 0 bridgehead atoms. The monoisotopic (exact) mass is 245 g/mol. The molecule has 1 aromatic heterocycles. The molecule has 1 aromatic carbocycles. The molecule has 0 aliphatic carbocycles. The molecule has 0 fully saturated rings. The minimum atomic E-state index is -0.134. The van der Waals surface area contributed by atoms with Crippen LogP contribution in [-0.2, 0) is 4.79 Å². The predicted octanol–water partition coefficient (Wildman–Crippen LogP) is 2.94. The summed E-state index contributed by atoms with van der Waals surface area (Å²) >= 11 is 1.28. The zero-order chi connectivity index (χ0) is 12.3. The molecule has 1 amide bonds. The number of carbonyl (C=O) groups is 2. The number of anilines is 1. The second-order valence-corrected chi connectivity index (χ2v) is 4.62. The van der Waals surface area contributed by atoms with Gasteiger partial charge in [0.05, 0.1) is 9.88 Å². The molecule has 2 rings (SSSR count). The smallest absolute Gasteiger partial charge is 0.221 e. The van der Waals surface area contributed by atoms with Crippen LogP contribution in [0.3, 0.4) is 0 Å². The lowest BCUT2D eigenvalue weighted by Crippen LogP contribution is -2.03. The van der Waals surface area contributed by atoms with Crippen molar-refractivity contribution in [1.29, 1.82) is 0 Å². The molecule has 0 atom stereocenters. The van der Waals surface area contributed by atoms with Crippen LogP contribution in [0.15, 0.2) is 42.5 Å². The number of hydrogen-bond acceptors (Lipinski definition) is 3. The molecule has 3 nitrogen and oxygen atoms in total. The third kappa shape index (κ3) is 2.79. The van der Waals surface area contributed by atoms with Crippen molar-refractivity contribution in [3.8, 4) is 0 Å². The summed E-state index contributed by atoms with van der Waals surface area (Å²) in [5, 5.41) is 3.35. The van der Waals surface area contributed by atoms with E-state index in [1.54, 1.807) is 24.3 Å². The molecule has 1 N–H and O–H groups in total. The van der Waals surface area contributed by atoms with Crippen LogP contribution in [0.1, 0.15) is 22.2 Å². The predicted molar refractivity (Wildman–Crippen MR) is 68.5 cm³/mol. The van der Waals surface area contributed by atoms with Crippen LogP contribution in [0, 0.1) is 0 Å². The fraction of sp³-hybridized carbons (Fsp3) is 0.0769. The molecular weight excluding hydrogens is 234 g/mol. The summed E-state index contributed by atoms with van der Waals surface area (Å²) in [5.74, 6) is -0.155. The van der Waals surface area contributed by atoms with E-state index in [0.29, 0.717) is 15.4 Å². The van der Waals surface area contributed by atoms with Crippen molar-refractivity contribution in [3.63, 3.8) is 0 Å². The summed E-state index contributed by atoms with van der Waals surface area (Å²) in [6, 6.07) is 12.5. The number of benzene rings is 1. The van der Waals surface area contributed by atoms with Gasteiger partial charge >= 0.3 is 0 Å². The van der Waals surface area contributed by atoms with Gasteiger partial charge in [0, 0.05) is 12.5 Å². The first kappa shape index (κ1) is 11.5. The van der Waals surface area contributed by atoms with Gasteiger partial charge in [0.15, 0.2) is 0 Å². The fourth-order valence-electron chi connectivity index (χ4n) is 1.43. The Morgan fingerprint density at radius 2 is 1.76 bits per heavy atom. The lowest BCUT2D eigenvalue weighted by Gasteiger charge is -1.97. The average molecular weight is 245 g/mol. The number of amides is 1. The van der Waals surface area contributed by atoms with E-state index in [9.17, 15) is 9.59 Å². The van der Waals surface area contributed by atoms with E-state index in [-0.39, 0.29) is 11.7 Å². The third-order valence-electron chi connectivity index (χ3n) is 2.16. The van der Waals surface area contributed by atoms with Crippen LogP contribution in [-0.4, -0.2) is 11.7 Å². The summed E-state index contributed by atoms with van der Waals surface area (Å²) in [6.45, 7) is 1.44. The normalized spacial score (nSPS) is 9.94. The molecule has 0 saturated heterocycles. The molecule has 0 aliphatic heterocycles. The van der Waals surface area contributed by atoms with Crippen molar-refractivity contribution in [2.24, 2.45) is 0 Å². The van der Waals surface area contributed by atoms with Crippen molar-refractivity contribution in [2.45, 2.75) is 6.92 Å². The number of hydrogen-bond donors (Lipinski definition) is 1. The van der Waals surface area contributed by atoms with Crippen LogP contribution in [0.5, 0.6) is 0 Å². The van der Waals surface area contributed by atoms with Crippen LogP contribution < -0.4 is 5.32 Å². The molecule has 0 aliphatic rings. The van der Waals surface area contributed by atoms with Crippen molar-refractivity contribution >= 4 is 28.0 Å². The topological polar surface area (TPSA) is 46.2 Å². The molecule has 0 spiro atoms. The van der Waals surface area contributed by atoms with Gasteiger partial charge in [-0.05, 0) is 12.1 Å². The van der Waals surface area contributed by atoms with E-state index in [1.165, 1.54) is 18.3 Å². The standard InChI is InChI=1S/C13H11NO2S/c1-9(15)14-12-8-7-11(17-12)13(16)10-5-3-2-4-6-10/h2-8H,1H3,(H,14,15). The first-order valence-electron chi connectivity index (χ1n) is 5.14. The SMILES string of the molecule is CC(=O)Nc1ccc(C(=O)c2ccccc2)s1. The van der Waals surface area contributed by atoms with E-state index >= 15 is 0 Å². The Balaban J connectivity index is 2.21. The fourth-order valence-corrected chi connectivity index (χ4v) is 2.35. The quantitative estimate of drug-likeness (QED) is 0.845. The van der Waals surface area contributed by atoms with E-state index in [0.717, 1.165) is 0 Å². The van der Waals surface area contributed by atoms with Crippen molar-refractivity contribution in [2.75, 3.05) is 5.32 Å². The molecule has 0 saturated carbocycles. The van der Waals surface area contributed by atoms with E-state index in [4.69, 9.17) is 0 Å². The molecule has 0 radical (unpaired) electrons. The van der Waals surface area contributed by atoms with Crippen molar-refractivity contribution < 1.29 is 9.59 Å². The van der Waals surface area contributed by atoms with Gasteiger partial charge in [-0.3, -0.25) is 9.59 Å². The maximum absolute atomic E-state index is 12.0. The van der Waals surface area contributed by atoms with E-state index < -0.39 is 0 Å². The second-order valence-electron chi connectivity index (χ2n) is 3.54. The number of thiophene rings is 1. The average Bonchev–Trinajstić information content (AvgIpc) is 2.77. The Morgan fingerprint density at radius 1 is 1.06 bits per heavy atom. The van der Waals surface area contributed by atoms with Gasteiger partial charge in [0.25, 0.3) is 0 Å². The van der Waals surface area contributed by atoms with Crippen LogP contribution >= 0.6 is 11.3 Å². The van der Waals surface area contributed by atoms with E-state index in [2.05, 4.69) is 5.32 Å². The molecule has 1 heterocycles. The minimum absolute atomic E-state index is 0.0211. The number of rotatable bonds is 3. The van der Waals surface area contributed by atoms with Crippen molar-refractivity contribution in [3.05, 3.63) is 52.9 Å². The highest BCUT2D eigenvalue weighted by molar-refractivity contribution is 7.18. The summed E-state index contributed by atoms with van der Waals surface area (Å²) in [7, 11) is 0. The molecule has 2 aromatic rings. The van der Waals surface area contributed by atoms with Gasteiger partial charge in [-0.15, -0.1) is 11.3 Å². The Morgan fingerprint density at radius 3 is 2.41 bits per heavy atom. The molecule has 0 unspecified atom stereocenters. The summed E-state index contributed by atoms with van der Waals surface area (Å²) in [4.78, 5) is 23.5. The Kier molecular flexibility index (Phi) is 3.35. The zero-order valence-electron chi connectivity index (χ0n) is 9.27. The largest absolute Gasteiger partial charge is 0.318 e. The minimum Gasteiger partial charge on any atom is -0.318 e. The summed E-state index contributed by atoms with van der Waals surface area (Å²) < 4.78 is 0. The van der Waals surface area contributed by atoms with Gasteiger partial charge in [0.2, 0.25) is 11.7 Å². The number of nitrogens with one attached hydrogen (secondary N) is 1. The molecule has 17 heavy (non-hydrogen) atoms. The second kappa shape index (κ2) is 4.93. The Bertz CT molecular complexity index is 546. The maximum Gasteiger partial charge on any atom is 0.221 e. The Labute approximate surface area is 103 Å². The highest BCUT2D eigenvalue weighted by Crippen LogP contribution is 2.24. The Hall–Kier alpha value is -1.94. The van der Waals surface area contributed by atoms with Gasteiger partial charge in [0.1, 0.15) is 0 Å². The van der Waals surface area contributed by atoms with Gasteiger partial charge < -0.3 is 5.32 Å². The highest BCUT2D eigenvalue weighted by atomic mass is 32.1. The van der Waals surface area contributed by atoms with Gasteiger partial charge in [-0.1, -0.05) is 30.3 Å². The van der Waals surface area contributed by atoms with Gasteiger partial charge in [-0.2, -0.15) is 0 Å². The van der Waals surface area contributed by atoms with Crippen LogP contribution in [0.25, 0.3) is 0 Å². The van der Waals surface area contributed by atoms with E-state index in [1.807, 2.05) is 18.2 Å². The highest BCUT2D eigenvalue weighted by Gasteiger charge is 2.11. The molecular formula is C13H11NO2S. The maximum atomic E-state index is 12.0. The summed E-state index contributed by atoms with van der Waals surface area (Å²) in [6.07, 6.45) is 0. The number of ketones is 1. The van der Waals surface area contributed by atoms with Crippen molar-refractivity contribution in [1.82, 2.24) is 0 Å². The third-order valence-corrected chi connectivity index (χ3v) is 3.16. The summed E-state index contributed by atoms with van der Waals surface area (Å²) in [5.41, 5.74) is 0.656. The lowest BCUT2D eigenvalue weighted by molar-refractivity contribution is -0.114. The van der Waals surface area contributed by atoms with Crippen LogP contribution in [0.4, 0.5) is 5.00 Å². The first-order valence-corrected chi connectivity index (χ1v) is 5.95. The van der Waals surface area contributed by atoms with Gasteiger partial charge in [-0.25, -0.2) is 0 Å². The lowest BCUT2D eigenvalue weighted by atomic mass is 10.1. The van der Waals surface area contributed by atoms with Crippen LogP contribution in [0.2, 0.25) is 0 Å². The molecule has 4 heteroatoms. The first-order chi connectivity index (χ1) is 8.16. The molecule has 86 valence electrons.